The Morgan fingerprint density at radius 2 is 1.41 bits per heavy atom. The molecule has 2 heterocycles. The van der Waals surface area contributed by atoms with Crippen LogP contribution >= 0.6 is 0 Å². The first-order valence-electron chi connectivity index (χ1n) is 12.5. The second-order valence-corrected chi connectivity index (χ2v) is 9.33. The molecule has 0 aromatic rings. The third kappa shape index (κ3) is 11.9. The van der Waals surface area contributed by atoms with E-state index in [0.717, 1.165) is 24.0 Å². The van der Waals surface area contributed by atoms with Crippen LogP contribution in [0.5, 0.6) is 0 Å². The standard InChI is InChI=1S/C24H47N2O2.HI/c1-2-3-4-5-6-7-8-15-22-28-24(27)23-26(19-13-10-14-20-26)21-18-25-16-11-9-12-17-25;/h2-23H2,1H3;1H/q+1;/p-1. The van der Waals surface area contributed by atoms with Crippen LogP contribution in [-0.4, -0.2) is 67.8 Å². The van der Waals surface area contributed by atoms with E-state index < -0.39 is 0 Å². The molecular formula is C24H47IN2O2. The van der Waals surface area contributed by atoms with Crippen LogP contribution < -0.4 is 24.0 Å². The van der Waals surface area contributed by atoms with Gasteiger partial charge in [0, 0.05) is 6.54 Å². The molecule has 0 aliphatic carbocycles. The van der Waals surface area contributed by atoms with Crippen molar-refractivity contribution in [2.75, 3.05) is 52.4 Å². The topological polar surface area (TPSA) is 29.5 Å². The second kappa shape index (κ2) is 16.8. The van der Waals surface area contributed by atoms with E-state index >= 15 is 0 Å². The van der Waals surface area contributed by atoms with Gasteiger partial charge in [-0.1, -0.05) is 58.3 Å². The number of quaternary nitrogens is 1. The molecule has 0 spiro atoms. The quantitative estimate of drug-likeness (QED) is 0.152. The Labute approximate surface area is 197 Å². The third-order valence-electron chi connectivity index (χ3n) is 6.83. The van der Waals surface area contributed by atoms with Gasteiger partial charge in [-0.15, -0.1) is 0 Å². The lowest BCUT2D eigenvalue weighted by Gasteiger charge is -2.42. The predicted molar refractivity (Wildman–Crippen MR) is 117 cm³/mol. The molecule has 0 aromatic heterocycles. The molecule has 2 aliphatic heterocycles. The van der Waals surface area contributed by atoms with Gasteiger partial charge < -0.3 is 33.2 Å². The number of hydrogen-bond donors (Lipinski definition) is 0. The van der Waals surface area contributed by atoms with Crippen molar-refractivity contribution in [2.24, 2.45) is 0 Å². The lowest BCUT2D eigenvalue weighted by atomic mass is 10.1. The Balaban J connectivity index is 0.00000420. The van der Waals surface area contributed by atoms with Gasteiger partial charge in [-0.2, -0.15) is 0 Å². The number of carbonyl (C=O) groups is 1. The summed E-state index contributed by atoms with van der Waals surface area (Å²) in [4.78, 5) is 15.1. The lowest BCUT2D eigenvalue weighted by molar-refractivity contribution is -0.925. The van der Waals surface area contributed by atoms with E-state index in [2.05, 4.69) is 11.8 Å². The van der Waals surface area contributed by atoms with Crippen molar-refractivity contribution in [1.82, 2.24) is 4.90 Å². The highest BCUT2D eigenvalue weighted by Crippen LogP contribution is 2.20. The van der Waals surface area contributed by atoms with Crippen LogP contribution in [0.15, 0.2) is 0 Å². The number of ether oxygens (including phenoxy) is 1. The van der Waals surface area contributed by atoms with E-state index in [1.54, 1.807) is 0 Å². The molecule has 0 aromatic carbocycles. The third-order valence-corrected chi connectivity index (χ3v) is 6.83. The van der Waals surface area contributed by atoms with Gasteiger partial charge in [-0.3, -0.25) is 4.90 Å². The maximum Gasteiger partial charge on any atom is 0.361 e. The van der Waals surface area contributed by atoms with Gasteiger partial charge in [0.1, 0.15) is 0 Å². The number of unbranched alkanes of at least 4 members (excludes halogenated alkanes) is 7. The van der Waals surface area contributed by atoms with Crippen LogP contribution in [0.2, 0.25) is 0 Å². The van der Waals surface area contributed by atoms with Gasteiger partial charge >= 0.3 is 5.97 Å². The number of likely N-dealkylation sites (tertiary alicyclic amines) is 2. The van der Waals surface area contributed by atoms with E-state index in [0.29, 0.717) is 13.2 Å². The molecule has 2 saturated heterocycles. The van der Waals surface area contributed by atoms with Crippen LogP contribution in [0.25, 0.3) is 0 Å². The minimum Gasteiger partial charge on any atom is -1.00 e. The fraction of sp³-hybridized carbons (Fsp3) is 0.958. The summed E-state index contributed by atoms with van der Waals surface area (Å²) < 4.78 is 6.62. The summed E-state index contributed by atoms with van der Waals surface area (Å²) in [6.07, 6.45) is 18.2. The number of rotatable bonds is 14. The average molecular weight is 523 g/mol. The molecule has 0 amide bonds. The number of nitrogens with zero attached hydrogens (tertiary/aromatic N) is 2. The first-order valence-corrected chi connectivity index (χ1v) is 12.5. The molecule has 4 nitrogen and oxygen atoms in total. The molecule has 2 aliphatic rings. The maximum absolute atomic E-state index is 12.5. The van der Waals surface area contributed by atoms with Crippen LogP contribution in [0, 0.1) is 0 Å². The molecule has 0 radical (unpaired) electrons. The second-order valence-electron chi connectivity index (χ2n) is 9.33. The number of carbonyl (C=O) groups excluding carboxylic acids is 1. The highest BCUT2D eigenvalue weighted by molar-refractivity contribution is 5.70. The van der Waals surface area contributed by atoms with Crippen LogP contribution in [0.1, 0.15) is 96.8 Å². The molecule has 2 fully saturated rings. The van der Waals surface area contributed by atoms with Gasteiger partial charge in [0.05, 0.1) is 26.2 Å². The number of piperidine rings is 2. The smallest absolute Gasteiger partial charge is 0.361 e. The van der Waals surface area contributed by atoms with Crippen molar-refractivity contribution in [3.8, 4) is 0 Å². The molecule has 0 N–H and O–H groups in total. The van der Waals surface area contributed by atoms with E-state index in [4.69, 9.17) is 4.74 Å². The summed E-state index contributed by atoms with van der Waals surface area (Å²) in [5.74, 6) is 0.0449. The minimum absolute atomic E-state index is 0. The van der Waals surface area contributed by atoms with Gasteiger partial charge in [-0.25, -0.2) is 4.79 Å². The Hall–Kier alpha value is 0.120. The average Bonchev–Trinajstić information content (AvgIpc) is 2.72. The lowest BCUT2D eigenvalue weighted by Crippen LogP contribution is -3.00. The number of esters is 1. The van der Waals surface area contributed by atoms with Crippen molar-refractivity contribution in [1.29, 1.82) is 0 Å². The van der Waals surface area contributed by atoms with Gasteiger partial charge in [-0.05, 0) is 51.6 Å². The zero-order valence-electron chi connectivity index (χ0n) is 19.1. The summed E-state index contributed by atoms with van der Waals surface area (Å²) in [5, 5.41) is 0. The number of hydrogen-bond acceptors (Lipinski definition) is 3. The first-order chi connectivity index (χ1) is 13.7. The maximum atomic E-state index is 12.5. The van der Waals surface area contributed by atoms with Crippen molar-refractivity contribution in [3.63, 3.8) is 0 Å². The summed E-state index contributed by atoms with van der Waals surface area (Å²) in [6, 6.07) is 0. The zero-order valence-corrected chi connectivity index (χ0v) is 21.3. The normalized spacial score (nSPS) is 19.5. The van der Waals surface area contributed by atoms with Crippen molar-refractivity contribution < 1.29 is 38.0 Å². The minimum atomic E-state index is 0. The fourth-order valence-electron chi connectivity index (χ4n) is 4.92. The first kappa shape index (κ1) is 27.2. The predicted octanol–water partition coefficient (Wildman–Crippen LogP) is 2.16. The molecule has 5 heteroatoms. The van der Waals surface area contributed by atoms with Crippen molar-refractivity contribution in [3.05, 3.63) is 0 Å². The monoisotopic (exact) mass is 522 g/mol. The number of halogens is 1. The SMILES string of the molecule is CCCCCCCCCCOC(=O)C[N+]1(CCN2CCCCC2)CCCCC1.[I-]. The molecular weight excluding hydrogens is 475 g/mol. The summed E-state index contributed by atoms with van der Waals surface area (Å²) in [5.41, 5.74) is 0. The summed E-state index contributed by atoms with van der Waals surface area (Å²) in [7, 11) is 0. The highest BCUT2D eigenvalue weighted by Gasteiger charge is 2.33. The largest absolute Gasteiger partial charge is 1.00 e. The van der Waals surface area contributed by atoms with Gasteiger partial charge in [0.15, 0.2) is 6.54 Å². The fourth-order valence-corrected chi connectivity index (χ4v) is 4.92. The Morgan fingerprint density at radius 1 is 0.828 bits per heavy atom. The van der Waals surface area contributed by atoms with E-state index in [9.17, 15) is 4.79 Å². The highest BCUT2D eigenvalue weighted by atomic mass is 127. The summed E-state index contributed by atoms with van der Waals surface area (Å²) in [6.45, 7) is 10.6. The Morgan fingerprint density at radius 3 is 2.07 bits per heavy atom. The van der Waals surface area contributed by atoms with Gasteiger partial charge in [0.25, 0.3) is 0 Å². The van der Waals surface area contributed by atoms with Crippen LogP contribution in [0.3, 0.4) is 0 Å². The van der Waals surface area contributed by atoms with E-state index in [-0.39, 0.29) is 29.9 Å². The van der Waals surface area contributed by atoms with Crippen LogP contribution in [0.4, 0.5) is 0 Å². The molecule has 2 rings (SSSR count). The van der Waals surface area contributed by atoms with E-state index in [1.165, 1.54) is 110 Å². The molecule has 0 saturated carbocycles. The van der Waals surface area contributed by atoms with Crippen molar-refractivity contribution >= 4 is 5.97 Å². The summed E-state index contributed by atoms with van der Waals surface area (Å²) >= 11 is 0. The molecule has 29 heavy (non-hydrogen) atoms. The Bertz CT molecular complexity index is 408. The zero-order chi connectivity index (χ0) is 19.9. The van der Waals surface area contributed by atoms with E-state index in [1.807, 2.05) is 0 Å². The molecule has 0 bridgehead atoms. The molecule has 172 valence electrons. The molecule has 0 unspecified atom stereocenters. The van der Waals surface area contributed by atoms with Crippen LogP contribution in [-0.2, 0) is 9.53 Å². The Kier molecular flexibility index (Phi) is 15.7. The van der Waals surface area contributed by atoms with Gasteiger partial charge in [0.2, 0.25) is 0 Å². The molecule has 0 atom stereocenters. The van der Waals surface area contributed by atoms with Crippen molar-refractivity contribution in [2.45, 2.75) is 96.8 Å².